The minimum Gasteiger partial charge on any atom is -0.439 e. The summed E-state index contributed by atoms with van der Waals surface area (Å²) in [6, 6.07) is 5.80. The van der Waals surface area contributed by atoms with Gasteiger partial charge in [-0.15, -0.1) is 0 Å². The molecule has 1 aromatic carbocycles. The predicted octanol–water partition coefficient (Wildman–Crippen LogP) is 2.88. The van der Waals surface area contributed by atoms with Crippen LogP contribution in [0.5, 0.6) is 11.6 Å². The number of nitrogen functional groups attached to an aromatic ring is 1. The molecule has 0 unspecified atom stereocenters. The molecule has 6 heteroatoms. The van der Waals surface area contributed by atoms with E-state index in [2.05, 4.69) is 15.4 Å². The zero-order valence-electron chi connectivity index (χ0n) is 11.1. The summed E-state index contributed by atoms with van der Waals surface area (Å²) < 4.78 is 18.6. The Morgan fingerprint density at radius 1 is 1.25 bits per heavy atom. The molecule has 0 aliphatic heterocycles. The third-order valence-electron chi connectivity index (χ3n) is 3.23. The lowest BCUT2D eigenvalue weighted by atomic mass is 10.3. The van der Waals surface area contributed by atoms with E-state index in [1.54, 1.807) is 12.1 Å². The number of hydrazine groups is 1. The Hall–Kier alpha value is -2.21. The highest BCUT2D eigenvalue weighted by atomic mass is 19.1. The molecular weight excluding hydrogens is 259 g/mol. The summed E-state index contributed by atoms with van der Waals surface area (Å²) in [7, 11) is 0. The SMILES string of the molecule is Cc1c(NN)nc(C2CC2)nc1Oc1ccc(F)cc1. The van der Waals surface area contributed by atoms with Crippen LogP contribution in [0.2, 0.25) is 0 Å². The normalized spacial score (nSPS) is 14.2. The fourth-order valence-electron chi connectivity index (χ4n) is 1.89. The maximum atomic E-state index is 12.9. The zero-order chi connectivity index (χ0) is 14.1. The number of nitrogens with two attached hydrogens (primary N) is 1. The van der Waals surface area contributed by atoms with Gasteiger partial charge in [0, 0.05) is 5.92 Å². The molecule has 1 heterocycles. The van der Waals surface area contributed by atoms with Crippen molar-refractivity contribution in [1.82, 2.24) is 9.97 Å². The monoisotopic (exact) mass is 274 g/mol. The van der Waals surface area contributed by atoms with Gasteiger partial charge in [-0.25, -0.2) is 15.2 Å². The van der Waals surface area contributed by atoms with Gasteiger partial charge in [0.05, 0.1) is 5.56 Å². The number of hydrogen-bond donors (Lipinski definition) is 2. The number of anilines is 1. The van der Waals surface area contributed by atoms with Crippen molar-refractivity contribution in [3.05, 3.63) is 41.5 Å². The Morgan fingerprint density at radius 2 is 1.95 bits per heavy atom. The predicted molar refractivity (Wildman–Crippen MR) is 73.0 cm³/mol. The second-order valence-corrected chi connectivity index (χ2v) is 4.84. The molecule has 1 aliphatic carbocycles. The molecule has 0 atom stereocenters. The summed E-state index contributed by atoms with van der Waals surface area (Å²) in [5.74, 6) is 7.82. The first kappa shape index (κ1) is 12.8. The Labute approximate surface area is 116 Å². The molecule has 0 saturated heterocycles. The molecule has 0 radical (unpaired) electrons. The molecular formula is C14H15FN4O. The molecule has 3 N–H and O–H groups in total. The summed E-state index contributed by atoms with van der Waals surface area (Å²) in [4.78, 5) is 8.82. The summed E-state index contributed by atoms with van der Waals surface area (Å²) in [6.45, 7) is 1.82. The van der Waals surface area contributed by atoms with E-state index >= 15 is 0 Å². The average Bonchev–Trinajstić information content (AvgIpc) is 3.28. The second-order valence-electron chi connectivity index (χ2n) is 4.84. The minimum atomic E-state index is -0.306. The van der Waals surface area contributed by atoms with Gasteiger partial charge in [-0.3, -0.25) is 0 Å². The molecule has 1 aromatic heterocycles. The van der Waals surface area contributed by atoms with E-state index in [0.29, 0.717) is 23.4 Å². The maximum absolute atomic E-state index is 12.9. The highest BCUT2D eigenvalue weighted by Crippen LogP contribution is 2.40. The summed E-state index contributed by atoms with van der Waals surface area (Å²) in [6.07, 6.45) is 2.17. The molecule has 1 aliphatic rings. The lowest BCUT2D eigenvalue weighted by Gasteiger charge is -2.12. The molecule has 0 bridgehead atoms. The summed E-state index contributed by atoms with van der Waals surface area (Å²) in [5.41, 5.74) is 3.29. The minimum absolute atomic E-state index is 0.306. The highest BCUT2D eigenvalue weighted by molar-refractivity contribution is 5.49. The van der Waals surface area contributed by atoms with Gasteiger partial charge in [-0.1, -0.05) is 0 Å². The lowest BCUT2D eigenvalue weighted by molar-refractivity contribution is 0.453. The third kappa shape index (κ3) is 2.55. The molecule has 2 aromatic rings. The van der Waals surface area contributed by atoms with Crippen LogP contribution >= 0.6 is 0 Å². The van der Waals surface area contributed by atoms with Crippen molar-refractivity contribution in [2.75, 3.05) is 5.43 Å². The Morgan fingerprint density at radius 3 is 2.55 bits per heavy atom. The highest BCUT2D eigenvalue weighted by Gasteiger charge is 2.28. The number of ether oxygens (including phenoxy) is 1. The van der Waals surface area contributed by atoms with E-state index in [0.717, 1.165) is 24.2 Å². The Kier molecular flexibility index (Phi) is 3.23. The summed E-state index contributed by atoms with van der Waals surface area (Å²) >= 11 is 0. The summed E-state index contributed by atoms with van der Waals surface area (Å²) in [5, 5.41) is 0. The number of halogens is 1. The number of hydrogen-bond acceptors (Lipinski definition) is 5. The van der Waals surface area contributed by atoms with Crippen molar-refractivity contribution in [2.24, 2.45) is 5.84 Å². The molecule has 0 amide bonds. The first-order valence-electron chi connectivity index (χ1n) is 6.46. The van der Waals surface area contributed by atoms with Crippen LogP contribution in [0.3, 0.4) is 0 Å². The van der Waals surface area contributed by atoms with Crippen molar-refractivity contribution in [2.45, 2.75) is 25.7 Å². The van der Waals surface area contributed by atoms with Gasteiger partial charge in [0.25, 0.3) is 0 Å². The van der Waals surface area contributed by atoms with Crippen molar-refractivity contribution < 1.29 is 9.13 Å². The zero-order valence-corrected chi connectivity index (χ0v) is 11.1. The number of aromatic nitrogens is 2. The largest absolute Gasteiger partial charge is 0.439 e. The molecule has 5 nitrogen and oxygen atoms in total. The van der Waals surface area contributed by atoms with E-state index < -0.39 is 0 Å². The van der Waals surface area contributed by atoms with Gasteiger partial charge in [0.1, 0.15) is 17.4 Å². The average molecular weight is 274 g/mol. The van der Waals surface area contributed by atoms with Crippen molar-refractivity contribution in [3.8, 4) is 11.6 Å². The van der Waals surface area contributed by atoms with Gasteiger partial charge in [-0.05, 0) is 44.0 Å². The van der Waals surface area contributed by atoms with Gasteiger partial charge in [0.2, 0.25) is 5.88 Å². The smallest absolute Gasteiger partial charge is 0.227 e. The number of benzene rings is 1. The van der Waals surface area contributed by atoms with Crippen LogP contribution in [0, 0.1) is 12.7 Å². The third-order valence-corrected chi connectivity index (χ3v) is 3.23. The topological polar surface area (TPSA) is 73.1 Å². The Bertz CT molecular complexity index is 626. The van der Waals surface area contributed by atoms with Gasteiger partial charge >= 0.3 is 0 Å². The first-order valence-corrected chi connectivity index (χ1v) is 6.46. The van der Waals surface area contributed by atoms with Crippen LogP contribution in [-0.4, -0.2) is 9.97 Å². The van der Waals surface area contributed by atoms with E-state index in [9.17, 15) is 4.39 Å². The molecule has 104 valence electrons. The fourth-order valence-corrected chi connectivity index (χ4v) is 1.89. The van der Waals surface area contributed by atoms with Crippen LogP contribution < -0.4 is 16.0 Å². The fraction of sp³-hybridized carbons (Fsp3) is 0.286. The standard InChI is InChI=1S/C14H15FN4O/c1-8-12(19-16)17-13(9-2-3-9)18-14(8)20-11-6-4-10(15)5-7-11/h4-7,9H,2-3,16H2,1H3,(H,17,18,19). The molecule has 1 fully saturated rings. The van der Waals surface area contributed by atoms with E-state index in [1.807, 2.05) is 6.92 Å². The van der Waals surface area contributed by atoms with Crippen LogP contribution in [-0.2, 0) is 0 Å². The van der Waals surface area contributed by atoms with Crippen molar-refractivity contribution >= 4 is 5.82 Å². The van der Waals surface area contributed by atoms with Gasteiger partial charge in [-0.2, -0.15) is 4.98 Å². The van der Waals surface area contributed by atoms with Crippen LogP contribution in [0.1, 0.15) is 30.1 Å². The van der Waals surface area contributed by atoms with E-state index in [-0.39, 0.29) is 5.82 Å². The van der Waals surface area contributed by atoms with Crippen molar-refractivity contribution in [3.63, 3.8) is 0 Å². The van der Waals surface area contributed by atoms with Crippen LogP contribution in [0.4, 0.5) is 10.2 Å². The molecule has 20 heavy (non-hydrogen) atoms. The van der Waals surface area contributed by atoms with E-state index in [1.165, 1.54) is 12.1 Å². The van der Waals surface area contributed by atoms with Gasteiger partial charge in [0.15, 0.2) is 5.82 Å². The second kappa shape index (κ2) is 5.05. The van der Waals surface area contributed by atoms with Crippen LogP contribution in [0.15, 0.2) is 24.3 Å². The number of nitrogens with one attached hydrogen (secondary N) is 1. The van der Waals surface area contributed by atoms with Crippen LogP contribution in [0.25, 0.3) is 0 Å². The molecule has 0 spiro atoms. The Balaban J connectivity index is 1.94. The number of nitrogens with zero attached hydrogens (tertiary/aromatic N) is 2. The van der Waals surface area contributed by atoms with E-state index in [4.69, 9.17) is 10.6 Å². The molecule has 1 saturated carbocycles. The maximum Gasteiger partial charge on any atom is 0.227 e. The van der Waals surface area contributed by atoms with Crippen molar-refractivity contribution in [1.29, 1.82) is 0 Å². The van der Waals surface area contributed by atoms with Gasteiger partial charge < -0.3 is 10.2 Å². The first-order chi connectivity index (χ1) is 9.67. The number of rotatable bonds is 4. The molecule has 3 rings (SSSR count). The quantitative estimate of drug-likeness (QED) is 0.662. The lowest BCUT2D eigenvalue weighted by Crippen LogP contribution is -2.13.